The average molecular weight is 299 g/mol. The van der Waals surface area contributed by atoms with Gasteiger partial charge in [-0.2, -0.15) is 10.2 Å². The lowest BCUT2D eigenvalue weighted by Gasteiger charge is -1.96. The van der Waals surface area contributed by atoms with Gasteiger partial charge in [-0.1, -0.05) is 28.9 Å². The van der Waals surface area contributed by atoms with Gasteiger partial charge >= 0.3 is 0 Å². The summed E-state index contributed by atoms with van der Waals surface area (Å²) in [5, 5.41) is 13.6. The van der Waals surface area contributed by atoms with E-state index < -0.39 is 0 Å². The lowest BCUT2D eigenvalue weighted by Crippen LogP contribution is -1.92. The molecule has 0 aliphatic rings. The van der Waals surface area contributed by atoms with Gasteiger partial charge in [0.05, 0.1) is 5.56 Å². The van der Waals surface area contributed by atoms with Crippen LogP contribution >= 0.6 is 11.6 Å². The second-order valence-electron chi connectivity index (χ2n) is 4.66. The summed E-state index contributed by atoms with van der Waals surface area (Å²) in [7, 11) is 1.83. The minimum atomic E-state index is 0.406. The summed E-state index contributed by atoms with van der Waals surface area (Å²) in [5.41, 5.74) is 2.34. The van der Waals surface area contributed by atoms with Crippen LogP contribution in [0, 0.1) is 11.3 Å². The molecule has 3 aromatic rings. The Morgan fingerprint density at radius 1 is 1.33 bits per heavy atom. The second kappa shape index (κ2) is 5.43. The lowest BCUT2D eigenvalue weighted by atomic mass is 10.1. The van der Waals surface area contributed by atoms with E-state index in [0.29, 0.717) is 28.7 Å². The number of benzene rings is 1. The first-order chi connectivity index (χ1) is 10.2. The van der Waals surface area contributed by atoms with Crippen molar-refractivity contribution < 1.29 is 4.52 Å². The fourth-order valence-corrected chi connectivity index (χ4v) is 2.18. The fraction of sp³-hybridized carbons (Fsp3) is 0.133. The number of nitriles is 1. The maximum atomic E-state index is 8.90. The Bertz CT molecular complexity index is 811. The van der Waals surface area contributed by atoms with Crippen molar-refractivity contribution >= 4 is 11.6 Å². The normalized spacial score (nSPS) is 10.5. The molecule has 104 valence electrons. The topological polar surface area (TPSA) is 67.6 Å². The minimum Gasteiger partial charge on any atom is -0.345 e. The van der Waals surface area contributed by atoms with Crippen LogP contribution in [0.25, 0.3) is 11.6 Å². The molecule has 5 nitrogen and oxygen atoms in total. The lowest BCUT2D eigenvalue weighted by molar-refractivity contribution is 0.421. The summed E-state index contributed by atoms with van der Waals surface area (Å²) >= 11 is 5.85. The molecule has 21 heavy (non-hydrogen) atoms. The van der Waals surface area contributed by atoms with Gasteiger partial charge in [0.15, 0.2) is 5.82 Å². The molecule has 0 radical (unpaired) electrons. The Morgan fingerprint density at radius 2 is 2.10 bits per heavy atom. The highest BCUT2D eigenvalue weighted by Gasteiger charge is 2.13. The smallest absolute Gasteiger partial charge is 0.274 e. The Hall–Kier alpha value is -2.58. The van der Waals surface area contributed by atoms with Gasteiger partial charge in [-0.3, -0.25) is 0 Å². The highest BCUT2D eigenvalue weighted by atomic mass is 35.5. The van der Waals surface area contributed by atoms with Crippen LogP contribution in [0.5, 0.6) is 0 Å². The molecule has 2 aromatic heterocycles. The van der Waals surface area contributed by atoms with Gasteiger partial charge in [0, 0.05) is 24.7 Å². The number of aryl methyl sites for hydroxylation is 1. The number of hydrogen-bond donors (Lipinski definition) is 0. The molecule has 0 saturated carbocycles. The average Bonchev–Trinajstić information content (AvgIpc) is 3.07. The van der Waals surface area contributed by atoms with Crippen molar-refractivity contribution in [1.82, 2.24) is 14.7 Å². The Balaban J connectivity index is 1.84. The molecule has 0 unspecified atom stereocenters. The van der Waals surface area contributed by atoms with Crippen LogP contribution in [0.2, 0.25) is 5.02 Å². The van der Waals surface area contributed by atoms with E-state index in [4.69, 9.17) is 21.4 Å². The second-order valence-corrected chi connectivity index (χ2v) is 5.09. The first-order valence-corrected chi connectivity index (χ1v) is 6.67. The third-order valence-electron chi connectivity index (χ3n) is 3.10. The largest absolute Gasteiger partial charge is 0.345 e. The van der Waals surface area contributed by atoms with Gasteiger partial charge in [0.2, 0.25) is 0 Å². The molecule has 3 rings (SSSR count). The monoisotopic (exact) mass is 298 g/mol. The number of rotatable bonds is 3. The highest BCUT2D eigenvalue weighted by molar-refractivity contribution is 6.30. The molecule has 0 bridgehead atoms. The van der Waals surface area contributed by atoms with Gasteiger partial charge < -0.3 is 9.09 Å². The zero-order valence-corrected chi connectivity index (χ0v) is 12.0. The molecular formula is C15H11ClN4O. The van der Waals surface area contributed by atoms with Crippen LogP contribution < -0.4 is 0 Å². The molecule has 0 saturated heterocycles. The van der Waals surface area contributed by atoms with Crippen molar-refractivity contribution in [2.45, 2.75) is 6.42 Å². The van der Waals surface area contributed by atoms with E-state index in [0.717, 1.165) is 11.3 Å². The Kier molecular flexibility index (Phi) is 3.46. The molecule has 6 heteroatoms. The first kappa shape index (κ1) is 13.4. The number of aromatic nitrogens is 3. The van der Waals surface area contributed by atoms with Crippen LogP contribution in [-0.4, -0.2) is 14.7 Å². The van der Waals surface area contributed by atoms with Crippen molar-refractivity contribution in [2.24, 2.45) is 7.05 Å². The molecule has 0 aliphatic heterocycles. The maximum Gasteiger partial charge on any atom is 0.274 e. The van der Waals surface area contributed by atoms with E-state index in [1.165, 1.54) is 0 Å². The van der Waals surface area contributed by atoms with E-state index in [2.05, 4.69) is 16.2 Å². The van der Waals surface area contributed by atoms with Crippen molar-refractivity contribution in [3.05, 3.63) is 58.5 Å². The minimum absolute atomic E-state index is 0.406. The molecule has 0 aliphatic carbocycles. The third kappa shape index (κ3) is 2.81. The molecule has 0 N–H and O–H groups in total. The third-order valence-corrected chi connectivity index (χ3v) is 3.35. The Morgan fingerprint density at radius 3 is 2.76 bits per heavy atom. The van der Waals surface area contributed by atoms with E-state index >= 15 is 0 Å². The predicted molar refractivity (Wildman–Crippen MR) is 77.7 cm³/mol. The summed E-state index contributed by atoms with van der Waals surface area (Å²) in [6, 6.07) is 11.3. The van der Waals surface area contributed by atoms with Crippen LogP contribution in [-0.2, 0) is 13.5 Å². The summed E-state index contributed by atoms with van der Waals surface area (Å²) < 4.78 is 7.06. The molecule has 0 atom stereocenters. The Labute approximate surface area is 126 Å². The standard InChI is InChI=1S/C15H11ClN4O/c1-20-9-11(8-17)6-13(20)15-18-14(19-21-15)7-10-2-4-12(16)5-3-10/h2-6,9H,7H2,1H3. The van der Waals surface area contributed by atoms with Crippen LogP contribution in [0.4, 0.5) is 0 Å². The maximum absolute atomic E-state index is 8.90. The van der Waals surface area contributed by atoms with Crippen molar-refractivity contribution in [3.8, 4) is 17.7 Å². The van der Waals surface area contributed by atoms with Gasteiger partial charge in [0.1, 0.15) is 11.8 Å². The molecule has 0 amide bonds. The summed E-state index contributed by atoms with van der Waals surface area (Å²) in [4.78, 5) is 4.37. The van der Waals surface area contributed by atoms with Crippen molar-refractivity contribution in [3.63, 3.8) is 0 Å². The molecular weight excluding hydrogens is 288 g/mol. The zero-order valence-electron chi connectivity index (χ0n) is 11.2. The highest BCUT2D eigenvalue weighted by Crippen LogP contribution is 2.20. The predicted octanol–water partition coefficient (Wildman–Crippen LogP) is 3.19. The van der Waals surface area contributed by atoms with Crippen molar-refractivity contribution in [2.75, 3.05) is 0 Å². The first-order valence-electron chi connectivity index (χ1n) is 6.29. The van der Waals surface area contributed by atoms with Gasteiger partial charge in [-0.25, -0.2) is 0 Å². The van der Waals surface area contributed by atoms with Crippen LogP contribution in [0.15, 0.2) is 41.1 Å². The van der Waals surface area contributed by atoms with E-state index in [1.54, 1.807) is 16.8 Å². The summed E-state index contributed by atoms with van der Waals surface area (Å²) in [5.74, 6) is 0.995. The fourth-order valence-electron chi connectivity index (χ4n) is 2.05. The van der Waals surface area contributed by atoms with Gasteiger partial charge in [-0.05, 0) is 23.8 Å². The molecule has 0 fully saturated rings. The number of nitrogens with zero attached hydrogens (tertiary/aromatic N) is 4. The molecule has 1 aromatic carbocycles. The summed E-state index contributed by atoms with van der Waals surface area (Å²) in [6.45, 7) is 0. The van der Waals surface area contributed by atoms with Gasteiger partial charge in [-0.15, -0.1) is 0 Å². The quantitative estimate of drug-likeness (QED) is 0.744. The van der Waals surface area contributed by atoms with Gasteiger partial charge in [0.25, 0.3) is 5.89 Å². The number of hydrogen-bond acceptors (Lipinski definition) is 4. The summed E-state index contributed by atoms with van der Waals surface area (Å²) in [6.07, 6.45) is 2.29. The van der Waals surface area contributed by atoms with Crippen LogP contribution in [0.3, 0.4) is 0 Å². The van der Waals surface area contributed by atoms with E-state index in [-0.39, 0.29) is 0 Å². The van der Waals surface area contributed by atoms with Crippen LogP contribution in [0.1, 0.15) is 17.0 Å². The number of halogens is 1. The molecule has 0 spiro atoms. The van der Waals surface area contributed by atoms with E-state index in [9.17, 15) is 0 Å². The van der Waals surface area contributed by atoms with E-state index in [1.807, 2.05) is 31.3 Å². The zero-order chi connectivity index (χ0) is 14.8. The van der Waals surface area contributed by atoms with Crippen molar-refractivity contribution in [1.29, 1.82) is 5.26 Å². The SMILES string of the molecule is Cn1cc(C#N)cc1-c1nc(Cc2ccc(Cl)cc2)no1. The molecule has 2 heterocycles.